The highest BCUT2D eigenvalue weighted by Gasteiger charge is 2.29. The van der Waals surface area contributed by atoms with Crippen LogP contribution in [0.5, 0.6) is 11.5 Å². The van der Waals surface area contributed by atoms with Crippen LogP contribution in [0.2, 0.25) is 0 Å². The molecule has 0 bridgehead atoms. The van der Waals surface area contributed by atoms with Crippen LogP contribution in [0.3, 0.4) is 0 Å². The van der Waals surface area contributed by atoms with Crippen LogP contribution in [-0.2, 0) is 6.42 Å². The molecule has 6 heteroatoms. The molecule has 1 aliphatic rings. The Labute approximate surface area is 149 Å². The average Bonchev–Trinajstić information content (AvgIpc) is 3.04. The molecule has 1 unspecified atom stereocenters. The number of benzene rings is 1. The van der Waals surface area contributed by atoms with Crippen molar-refractivity contribution in [3.63, 3.8) is 0 Å². The van der Waals surface area contributed by atoms with E-state index in [1.807, 2.05) is 25.2 Å². The molecule has 2 rings (SSSR count). The Balaban J connectivity index is 1.83. The van der Waals surface area contributed by atoms with Crippen LogP contribution in [0.1, 0.15) is 25.3 Å². The molecule has 1 aromatic rings. The second kappa shape index (κ2) is 9.06. The summed E-state index contributed by atoms with van der Waals surface area (Å²) in [6.45, 7) is 4.05. The largest absolute Gasteiger partial charge is 0.497 e. The number of methoxy groups -OCH3 is 2. The van der Waals surface area contributed by atoms with E-state index in [0.29, 0.717) is 4.75 Å². The summed E-state index contributed by atoms with van der Waals surface area (Å²) in [4.78, 5) is 4.32. The number of guanidine groups is 1. The summed E-state index contributed by atoms with van der Waals surface area (Å²) < 4.78 is 11.0. The molecule has 1 atom stereocenters. The predicted octanol–water partition coefficient (Wildman–Crippen LogP) is 2.70. The van der Waals surface area contributed by atoms with Crippen LogP contribution in [0, 0.1) is 0 Å². The zero-order valence-electron chi connectivity index (χ0n) is 15.1. The van der Waals surface area contributed by atoms with Gasteiger partial charge in [0, 0.05) is 24.9 Å². The van der Waals surface area contributed by atoms with Gasteiger partial charge in [-0.2, -0.15) is 11.8 Å². The minimum atomic E-state index is 0.327. The van der Waals surface area contributed by atoms with Gasteiger partial charge in [-0.05, 0) is 55.7 Å². The van der Waals surface area contributed by atoms with Gasteiger partial charge in [0.15, 0.2) is 5.96 Å². The molecule has 2 N–H and O–H groups in total. The Morgan fingerprint density at radius 3 is 2.75 bits per heavy atom. The standard InChI is InChI=1S/C18H29N3O2S/c1-18(9-5-11-24-18)13-21-17(19-2)20-10-8-14-12-15(22-3)6-7-16(14)23-4/h6-7,12H,5,8-11,13H2,1-4H3,(H2,19,20,21). The number of nitrogens with zero attached hydrogens (tertiary/aromatic N) is 1. The Kier molecular flexibility index (Phi) is 7.09. The van der Waals surface area contributed by atoms with E-state index >= 15 is 0 Å². The fourth-order valence-corrected chi connectivity index (χ4v) is 4.10. The maximum atomic E-state index is 5.42. The number of nitrogens with one attached hydrogen (secondary N) is 2. The maximum Gasteiger partial charge on any atom is 0.191 e. The molecule has 0 saturated carbocycles. The quantitative estimate of drug-likeness (QED) is 0.584. The van der Waals surface area contributed by atoms with E-state index in [4.69, 9.17) is 9.47 Å². The van der Waals surface area contributed by atoms with Crippen molar-refractivity contribution >= 4 is 17.7 Å². The lowest BCUT2D eigenvalue weighted by Gasteiger charge is -2.24. The first-order valence-corrected chi connectivity index (χ1v) is 9.38. The fourth-order valence-electron chi connectivity index (χ4n) is 2.86. The molecule has 0 spiro atoms. The molecule has 1 aromatic carbocycles. The van der Waals surface area contributed by atoms with E-state index in [1.165, 1.54) is 18.6 Å². The van der Waals surface area contributed by atoms with Gasteiger partial charge < -0.3 is 20.1 Å². The topological polar surface area (TPSA) is 54.9 Å². The summed E-state index contributed by atoms with van der Waals surface area (Å²) in [6.07, 6.45) is 3.42. The van der Waals surface area contributed by atoms with Gasteiger partial charge in [0.1, 0.15) is 11.5 Å². The number of hydrogen-bond donors (Lipinski definition) is 2. The number of rotatable bonds is 7. The first-order valence-electron chi connectivity index (χ1n) is 8.39. The van der Waals surface area contributed by atoms with Crippen molar-refractivity contribution in [2.75, 3.05) is 40.1 Å². The molecule has 0 aliphatic carbocycles. The maximum absolute atomic E-state index is 5.42. The van der Waals surface area contributed by atoms with Crippen LogP contribution < -0.4 is 20.1 Å². The van der Waals surface area contributed by atoms with Gasteiger partial charge in [0.05, 0.1) is 14.2 Å². The van der Waals surface area contributed by atoms with Gasteiger partial charge in [-0.15, -0.1) is 0 Å². The SMILES string of the molecule is CN=C(NCCc1cc(OC)ccc1OC)NCC1(C)CCCS1. The highest BCUT2D eigenvalue weighted by atomic mass is 32.2. The highest BCUT2D eigenvalue weighted by molar-refractivity contribution is 8.00. The average molecular weight is 352 g/mol. The van der Waals surface area contributed by atoms with Crippen molar-refractivity contribution in [1.29, 1.82) is 0 Å². The lowest BCUT2D eigenvalue weighted by Crippen LogP contribution is -2.44. The predicted molar refractivity (Wildman–Crippen MR) is 103 cm³/mol. The Hall–Kier alpha value is -1.56. The molecule has 0 aromatic heterocycles. The summed E-state index contributed by atoms with van der Waals surface area (Å²) in [6, 6.07) is 5.88. The molecule has 5 nitrogen and oxygen atoms in total. The number of thioether (sulfide) groups is 1. The van der Waals surface area contributed by atoms with Crippen molar-refractivity contribution in [2.45, 2.75) is 30.9 Å². The first-order chi connectivity index (χ1) is 11.6. The zero-order valence-corrected chi connectivity index (χ0v) is 16.0. The van der Waals surface area contributed by atoms with E-state index in [0.717, 1.165) is 42.5 Å². The van der Waals surface area contributed by atoms with Gasteiger partial charge in [0.25, 0.3) is 0 Å². The van der Waals surface area contributed by atoms with E-state index < -0.39 is 0 Å². The molecule has 0 radical (unpaired) electrons. The Bertz CT molecular complexity index is 557. The first kappa shape index (κ1) is 18.8. The fraction of sp³-hybridized carbons (Fsp3) is 0.611. The summed E-state index contributed by atoms with van der Waals surface area (Å²) >= 11 is 2.05. The molecule has 1 aliphatic heterocycles. The van der Waals surface area contributed by atoms with E-state index in [9.17, 15) is 0 Å². The van der Waals surface area contributed by atoms with Gasteiger partial charge in [-0.1, -0.05) is 0 Å². The van der Waals surface area contributed by atoms with Crippen LogP contribution >= 0.6 is 11.8 Å². The molecule has 134 valence electrons. The van der Waals surface area contributed by atoms with E-state index in [-0.39, 0.29) is 0 Å². The summed E-state index contributed by atoms with van der Waals surface area (Å²) in [5.74, 6) is 3.85. The van der Waals surface area contributed by atoms with Gasteiger partial charge in [-0.3, -0.25) is 4.99 Å². The van der Waals surface area contributed by atoms with Crippen molar-refractivity contribution in [1.82, 2.24) is 10.6 Å². The Morgan fingerprint density at radius 2 is 2.12 bits per heavy atom. The van der Waals surface area contributed by atoms with Crippen molar-refractivity contribution in [3.8, 4) is 11.5 Å². The van der Waals surface area contributed by atoms with Crippen LogP contribution in [0.4, 0.5) is 0 Å². The molecular formula is C18H29N3O2S. The summed E-state index contributed by atoms with van der Waals surface area (Å²) in [7, 11) is 5.18. The molecule has 1 saturated heterocycles. The number of hydrogen-bond acceptors (Lipinski definition) is 4. The van der Waals surface area contributed by atoms with Crippen molar-refractivity contribution in [2.24, 2.45) is 4.99 Å². The minimum absolute atomic E-state index is 0.327. The van der Waals surface area contributed by atoms with Gasteiger partial charge in [-0.25, -0.2) is 0 Å². The Morgan fingerprint density at radius 1 is 1.29 bits per heavy atom. The second-order valence-corrected chi connectivity index (χ2v) is 7.86. The molecule has 0 amide bonds. The summed E-state index contributed by atoms with van der Waals surface area (Å²) in [5, 5.41) is 6.83. The lowest BCUT2D eigenvalue weighted by molar-refractivity contribution is 0.398. The molecule has 1 heterocycles. The van der Waals surface area contributed by atoms with Gasteiger partial charge >= 0.3 is 0 Å². The molecular weight excluding hydrogens is 322 g/mol. The summed E-state index contributed by atoms with van der Waals surface area (Å²) in [5.41, 5.74) is 1.12. The molecule has 1 fully saturated rings. The van der Waals surface area contributed by atoms with Crippen LogP contribution in [0.15, 0.2) is 23.2 Å². The van der Waals surface area contributed by atoms with Crippen molar-refractivity contribution in [3.05, 3.63) is 23.8 Å². The minimum Gasteiger partial charge on any atom is -0.497 e. The van der Waals surface area contributed by atoms with E-state index in [2.05, 4.69) is 34.3 Å². The van der Waals surface area contributed by atoms with Gasteiger partial charge in [0.2, 0.25) is 0 Å². The number of aliphatic imine (C=N–C) groups is 1. The van der Waals surface area contributed by atoms with E-state index in [1.54, 1.807) is 14.2 Å². The third-order valence-electron chi connectivity index (χ3n) is 4.33. The zero-order chi connectivity index (χ0) is 17.4. The van der Waals surface area contributed by atoms with Crippen LogP contribution in [-0.4, -0.2) is 50.8 Å². The van der Waals surface area contributed by atoms with Crippen LogP contribution in [0.25, 0.3) is 0 Å². The smallest absolute Gasteiger partial charge is 0.191 e. The normalized spacial score (nSPS) is 20.8. The number of ether oxygens (including phenoxy) is 2. The monoisotopic (exact) mass is 351 g/mol. The third-order valence-corrected chi connectivity index (χ3v) is 5.87. The molecule has 24 heavy (non-hydrogen) atoms. The lowest BCUT2D eigenvalue weighted by atomic mass is 10.1. The highest BCUT2D eigenvalue weighted by Crippen LogP contribution is 2.36. The second-order valence-electron chi connectivity index (χ2n) is 6.18. The third kappa shape index (κ3) is 5.23. The van der Waals surface area contributed by atoms with Crippen molar-refractivity contribution < 1.29 is 9.47 Å².